The van der Waals surface area contributed by atoms with Gasteiger partial charge in [-0.05, 0) is 43.6 Å². The number of halogens is 1. The Bertz CT molecular complexity index is 1090. The van der Waals surface area contributed by atoms with Crippen molar-refractivity contribution < 1.29 is 18.8 Å². The summed E-state index contributed by atoms with van der Waals surface area (Å²) in [4.78, 5) is 44.3. The lowest BCUT2D eigenvalue weighted by Gasteiger charge is -2.28. The molecule has 2 heterocycles. The van der Waals surface area contributed by atoms with Crippen molar-refractivity contribution in [1.29, 1.82) is 0 Å². The predicted molar refractivity (Wildman–Crippen MR) is 123 cm³/mol. The van der Waals surface area contributed by atoms with Crippen LogP contribution in [0.2, 0.25) is 0 Å². The zero-order valence-electron chi connectivity index (χ0n) is 19.9. The number of primary amides is 1. The van der Waals surface area contributed by atoms with E-state index in [9.17, 15) is 18.8 Å². The average molecular weight is 458 g/mol. The molecule has 0 spiro atoms. The summed E-state index contributed by atoms with van der Waals surface area (Å²) in [5.41, 5.74) is 6.16. The maximum Gasteiger partial charge on any atom is 0.248 e. The van der Waals surface area contributed by atoms with Crippen LogP contribution in [0.15, 0.2) is 18.2 Å². The van der Waals surface area contributed by atoms with Gasteiger partial charge >= 0.3 is 0 Å². The Morgan fingerprint density at radius 1 is 1.24 bits per heavy atom. The van der Waals surface area contributed by atoms with Gasteiger partial charge in [0.1, 0.15) is 17.3 Å². The standard InChI is InChI=1S/C24H32FN5O3/c1-24(2,3)16(23(33)27-4)12-19(31)20-18-13-29(5)9-6-10-30(18)22(28-20)15-11-14(21(26)32)7-8-17(15)25/h7-8,11,16H,6,9-10,12-13H2,1-5H3,(H2,26,32)(H,27,33)/t16-/m1/s1. The number of nitrogens with two attached hydrogens (primary N) is 1. The number of Topliss-reactive ketones (excluding diaryl/α,β-unsaturated/α-hetero) is 1. The molecule has 3 N–H and O–H groups in total. The summed E-state index contributed by atoms with van der Waals surface area (Å²) < 4.78 is 16.7. The van der Waals surface area contributed by atoms with Gasteiger partial charge in [0, 0.05) is 32.1 Å². The van der Waals surface area contributed by atoms with Crippen molar-refractivity contribution in [2.45, 2.75) is 46.7 Å². The van der Waals surface area contributed by atoms with Crippen LogP contribution in [0.1, 0.15) is 60.2 Å². The second-order valence-electron chi connectivity index (χ2n) is 9.69. The molecular weight excluding hydrogens is 425 g/mol. The minimum Gasteiger partial charge on any atom is -0.366 e. The Morgan fingerprint density at radius 2 is 1.94 bits per heavy atom. The van der Waals surface area contributed by atoms with Gasteiger partial charge in [-0.2, -0.15) is 0 Å². The number of aromatic nitrogens is 2. The van der Waals surface area contributed by atoms with Crippen molar-refractivity contribution in [2.75, 3.05) is 20.6 Å². The number of hydrogen-bond donors (Lipinski definition) is 2. The number of hydrogen-bond acceptors (Lipinski definition) is 5. The molecule has 1 aromatic heterocycles. The number of carbonyl (C=O) groups is 3. The van der Waals surface area contributed by atoms with Gasteiger partial charge in [-0.25, -0.2) is 9.37 Å². The number of fused-ring (bicyclic) bond motifs is 1. The molecule has 8 nitrogen and oxygen atoms in total. The van der Waals surface area contributed by atoms with E-state index < -0.39 is 23.1 Å². The first kappa shape index (κ1) is 24.6. The number of nitrogens with one attached hydrogen (secondary N) is 1. The summed E-state index contributed by atoms with van der Waals surface area (Å²) in [6.07, 6.45) is 0.778. The molecule has 2 amide bonds. The van der Waals surface area contributed by atoms with Gasteiger partial charge < -0.3 is 20.5 Å². The van der Waals surface area contributed by atoms with E-state index in [4.69, 9.17) is 5.73 Å². The lowest BCUT2D eigenvalue weighted by Crippen LogP contribution is -2.37. The van der Waals surface area contributed by atoms with Crippen molar-refractivity contribution in [3.8, 4) is 11.4 Å². The van der Waals surface area contributed by atoms with Crippen LogP contribution in [0.5, 0.6) is 0 Å². The van der Waals surface area contributed by atoms with Gasteiger partial charge in [-0.15, -0.1) is 0 Å². The van der Waals surface area contributed by atoms with Crippen LogP contribution in [0.25, 0.3) is 11.4 Å². The third-order valence-electron chi connectivity index (χ3n) is 6.17. The van der Waals surface area contributed by atoms with Crippen molar-refractivity contribution in [2.24, 2.45) is 17.1 Å². The Morgan fingerprint density at radius 3 is 2.55 bits per heavy atom. The topological polar surface area (TPSA) is 110 Å². The first-order valence-corrected chi connectivity index (χ1v) is 11.1. The average Bonchev–Trinajstić information content (AvgIpc) is 2.96. The highest BCUT2D eigenvalue weighted by Gasteiger charge is 2.35. The molecule has 3 rings (SSSR count). The van der Waals surface area contributed by atoms with Crippen LogP contribution in [-0.2, 0) is 17.9 Å². The molecule has 0 saturated carbocycles. The zero-order chi connectivity index (χ0) is 24.5. The molecule has 0 bridgehead atoms. The lowest BCUT2D eigenvalue weighted by atomic mass is 9.77. The van der Waals surface area contributed by atoms with Gasteiger partial charge in [0.05, 0.1) is 17.2 Å². The number of rotatable bonds is 6. The largest absolute Gasteiger partial charge is 0.366 e. The van der Waals surface area contributed by atoms with E-state index in [1.807, 2.05) is 32.4 Å². The summed E-state index contributed by atoms with van der Waals surface area (Å²) in [5.74, 6) is -1.96. The van der Waals surface area contributed by atoms with E-state index >= 15 is 0 Å². The molecule has 0 fully saturated rings. The normalized spacial score (nSPS) is 15.5. The molecule has 0 saturated heterocycles. The molecule has 0 unspecified atom stereocenters. The van der Waals surface area contributed by atoms with Crippen molar-refractivity contribution in [1.82, 2.24) is 19.8 Å². The highest BCUT2D eigenvalue weighted by atomic mass is 19.1. The fraction of sp³-hybridized carbons (Fsp3) is 0.500. The van der Waals surface area contributed by atoms with Crippen molar-refractivity contribution in [3.63, 3.8) is 0 Å². The summed E-state index contributed by atoms with van der Waals surface area (Å²) in [6, 6.07) is 3.88. The van der Waals surface area contributed by atoms with E-state index in [2.05, 4.69) is 15.2 Å². The third kappa shape index (κ3) is 5.13. The van der Waals surface area contributed by atoms with Crippen LogP contribution in [0.3, 0.4) is 0 Å². The SMILES string of the molecule is CNC(=O)[C@@H](CC(=O)c1nc(-c2cc(C(N)=O)ccc2F)n2c1CN(C)CCC2)C(C)(C)C. The summed E-state index contributed by atoms with van der Waals surface area (Å²) in [6.45, 7) is 7.56. The van der Waals surface area contributed by atoms with Gasteiger partial charge in [-0.3, -0.25) is 14.4 Å². The summed E-state index contributed by atoms with van der Waals surface area (Å²) >= 11 is 0. The van der Waals surface area contributed by atoms with Crippen LogP contribution < -0.4 is 11.1 Å². The van der Waals surface area contributed by atoms with Crippen molar-refractivity contribution >= 4 is 17.6 Å². The molecule has 1 aliphatic heterocycles. The minimum atomic E-state index is -0.673. The van der Waals surface area contributed by atoms with E-state index in [1.54, 1.807) is 7.05 Å². The first-order valence-electron chi connectivity index (χ1n) is 11.1. The second kappa shape index (κ2) is 9.43. The number of amides is 2. The number of nitrogens with zero attached hydrogens (tertiary/aromatic N) is 3. The second-order valence-corrected chi connectivity index (χ2v) is 9.69. The maximum absolute atomic E-state index is 14.8. The number of benzene rings is 1. The highest BCUT2D eigenvalue weighted by Crippen LogP contribution is 2.33. The van der Waals surface area contributed by atoms with Gasteiger partial charge in [-0.1, -0.05) is 20.8 Å². The third-order valence-corrected chi connectivity index (χ3v) is 6.17. The number of carbonyl (C=O) groups excluding carboxylic acids is 3. The highest BCUT2D eigenvalue weighted by molar-refractivity contribution is 5.99. The van der Waals surface area contributed by atoms with Crippen LogP contribution >= 0.6 is 0 Å². The van der Waals surface area contributed by atoms with E-state index in [0.29, 0.717) is 18.8 Å². The van der Waals surface area contributed by atoms with Crippen molar-refractivity contribution in [3.05, 3.63) is 41.0 Å². The van der Waals surface area contributed by atoms with Crippen LogP contribution in [0.4, 0.5) is 4.39 Å². The van der Waals surface area contributed by atoms with E-state index in [0.717, 1.165) is 13.0 Å². The minimum absolute atomic E-state index is 0.0137. The molecule has 1 atom stereocenters. The monoisotopic (exact) mass is 457 g/mol. The first-order chi connectivity index (χ1) is 15.4. The molecule has 0 aliphatic carbocycles. The Labute approximate surface area is 193 Å². The predicted octanol–water partition coefficient (Wildman–Crippen LogP) is 2.60. The molecule has 33 heavy (non-hydrogen) atoms. The molecule has 1 aliphatic rings. The summed E-state index contributed by atoms with van der Waals surface area (Å²) in [7, 11) is 3.50. The lowest BCUT2D eigenvalue weighted by molar-refractivity contribution is -0.127. The fourth-order valence-corrected chi connectivity index (χ4v) is 4.25. The molecule has 1 aromatic carbocycles. The van der Waals surface area contributed by atoms with Crippen LogP contribution in [-0.4, -0.2) is 52.7 Å². The fourth-order valence-electron chi connectivity index (χ4n) is 4.25. The number of ketones is 1. The molecule has 178 valence electrons. The Kier molecular flexibility index (Phi) is 7.02. The van der Waals surface area contributed by atoms with Gasteiger partial charge in [0.15, 0.2) is 5.78 Å². The quantitative estimate of drug-likeness (QED) is 0.648. The van der Waals surface area contributed by atoms with Gasteiger partial charge in [0.2, 0.25) is 11.8 Å². The molecule has 2 aromatic rings. The van der Waals surface area contributed by atoms with E-state index in [-0.39, 0.29) is 40.8 Å². The Hall–Kier alpha value is -3.07. The summed E-state index contributed by atoms with van der Waals surface area (Å²) in [5, 5.41) is 2.64. The Balaban J connectivity index is 2.13. The molecular formula is C24H32FN5O3. The maximum atomic E-state index is 14.8. The van der Waals surface area contributed by atoms with Gasteiger partial charge in [0.25, 0.3) is 0 Å². The zero-order valence-corrected chi connectivity index (χ0v) is 19.9. The smallest absolute Gasteiger partial charge is 0.248 e. The van der Waals surface area contributed by atoms with E-state index in [1.165, 1.54) is 18.2 Å². The molecule has 9 heteroatoms. The number of imidazole rings is 1. The van der Waals surface area contributed by atoms with Crippen LogP contribution in [0, 0.1) is 17.2 Å². The molecule has 0 radical (unpaired) electrons.